The third-order valence-corrected chi connectivity index (χ3v) is 5.66. The predicted octanol–water partition coefficient (Wildman–Crippen LogP) is 4.39. The topological polar surface area (TPSA) is 80.3 Å². The van der Waals surface area contributed by atoms with Gasteiger partial charge in [-0.3, -0.25) is 4.79 Å². The summed E-state index contributed by atoms with van der Waals surface area (Å²) in [5, 5.41) is 3.42. The summed E-state index contributed by atoms with van der Waals surface area (Å²) in [7, 11) is 3.09. The molecule has 1 heterocycles. The number of nitrogens with zero attached hydrogens (tertiary/aromatic N) is 2. The van der Waals surface area contributed by atoms with Crippen LogP contribution in [0.2, 0.25) is 5.02 Å². The second-order valence-corrected chi connectivity index (χ2v) is 8.99. The minimum Gasteiger partial charge on any atom is -0.493 e. The number of carbonyl (C=O) groups is 2. The van der Waals surface area contributed by atoms with Gasteiger partial charge in [-0.2, -0.15) is 0 Å². The molecule has 184 valence electrons. The first-order valence-corrected chi connectivity index (χ1v) is 11.6. The highest BCUT2D eigenvalue weighted by Gasteiger charge is 2.28. The molecule has 2 aromatic rings. The Morgan fingerprint density at radius 3 is 2.62 bits per heavy atom. The Labute approximate surface area is 205 Å². The SMILES string of the molecule is COc1ccc(C(=O)N(CC(C)C)CC2CN(C(=O)Nc3cccc(Cl)c3)CCO2)cc1OC. The zero-order valence-electron chi connectivity index (χ0n) is 20.0. The van der Waals surface area contributed by atoms with Gasteiger partial charge in [-0.15, -0.1) is 0 Å². The zero-order valence-corrected chi connectivity index (χ0v) is 20.8. The molecule has 0 bridgehead atoms. The molecule has 34 heavy (non-hydrogen) atoms. The molecule has 1 saturated heterocycles. The second kappa shape index (κ2) is 11.9. The van der Waals surface area contributed by atoms with E-state index in [0.717, 1.165) is 0 Å². The monoisotopic (exact) mass is 489 g/mol. The summed E-state index contributed by atoms with van der Waals surface area (Å²) in [5.74, 6) is 1.19. The van der Waals surface area contributed by atoms with Gasteiger partial charge in [0.1, 0.15) is 0 Å². The Morgan fingerprint density at radius 1 is 1.18 bits per heavy atom. The Kier molecular flexibility index (Phi) is 9.01. The summed E-state index contributed by atoms with van der Waals surface area (Å²) in [6, 6.07) is 11.9. The van der Waals surface area contributed by atoms with Crippen LogP contribution < -0.4 is 14.8 Å². The average molecular weight is 490 g/mol. The molecule has 1 unspecified atom stereocenters. The van der Waals surface area contributed by atoms with E-state index in [9.17, 15) is 9.59 Å². The molecule has 0 aromatic heterocycles. The number of nitrogens with one attached hydrogen (secondary N) is 1. The van der Waals surface area contributed by atoms with Crippen LogP contribution in [-0.4, -0.2) is 74.8 Å². The van der Waals surface area contributed by atoms with E-state index < -0.39 is 0 Å². The van der Waals surface area contributed by atoms with Gasteiger partial charge in [0.05, 0.1) is 33.5 Å². The Bertz CT molecular complexity index is 1000. The summed E-state index contributed by atoms with van der Waals surface area (Å²) < 4.78 is 16.6. The van der Waals surface area contributed by atoms with E-state index >= 15 is 0 Å². The van der Waals surface area contributed by atoms with Crippen molar-refractivity contribution < 1.29 is 23.8 Å². The first kappa shape index (κ1) is 25.6. The quantitative estimate of drug-likeness (QED) is 0.595. The van der Waals surface area contributed by atoms with Crippen molar-refractivity contribution in [2.24, 2.45) is 5.92 Å². The van der Waals surface area contributed by atoms with Gasteiger partial charge < -0.3 is 29.3 Å². The van der Waals surface area contributed by atoms with Crippen LogP contribution >= 0.6 is 11.6 Å². The van der Waals surface area contributed by atoms with Crippen molar-refractivity contribution in [3.63, 3.8) is 0 Å². The molecule has 0 spiro atoms. The van der Waals surface area contributed by atoms with Gasteiger partial charge >= 0.3 is 6.03 Å². The highest BCUT2D eigenvalue weighted by Crippen LogP contribution is 2.28. The normalized spacial score (nSPS) is 15.7. The lowest BCUT2D eigenvalue weighted by molar-refractivity contribution is -0.0272. The number of methoxy groups -OCH3 is 2. The van der Waals surface area contributed by atoms with Crippen molar-refractivity contribution in [3.8, 4) is 11.5 Å². The fourth-order valence-electron chi connectivity index (χ4n) is 3.86. The van der Waals surface area contributed by atoms with Crippen molar-refractivity contribution >= 4 is 29.2 Å². The number of benzene rings is 2. The molecule has 2 aromatic carbocycles. The lowest BCUT2D eigenvalue weighted by atomic mass is 10.1. The molecule has 3 rings (SSSR count). The van der Waals surface area contributed by atoms with Gasteiger partial charge in [-0.1, -0.05) is 31.5 Å². The Hall–Kier alpha value is -2.97. The van der Waals surface area contributed by atoms with E-state index in [4.69, 9.17) is 25.8 Å². The van der Waals surface area contributed by atoms with Gasteiger partial charge in [0, 0.05) is 35.9 Å². The molecule has 1 N–H and O–H groups in total. The van der Waals surface area contributed by atoms with Gasteiger partial charge in [-0.25, -0.2) is 4.79 Å². The van der Waals surface area contributed by atoms with Crippen LogP contribution in [-0.2, 0) is 4.74 Å². The maximum Gasteiger partial charge on any atom is 0.322 e. The molecule has 9 heteroatoms. The molecule has 3 amide bonds. The largest absolute Gasteiger partial charge is 0.493 e. The Morgan fingerprint density at radius 2 is 1.94 bits per heavy atom. The summed E-state index contributed by atoms with van der Waals surface area (Å²) in [6.07, 6.45) is -0.304. The number of morpholine rings is 1. The molecule has 0 saturated carbocycles. The summed E-state index contributed by atoms with van der Waals surface area (Å²) in [4.78, 5) is 29.6. The summed E-state index contributed by atoms with van der Waals surface area (Å²) in [6.45, 7) is 6.28. The highest BCUT2D eigenvalue weighted by atomic mass is 35.5. The number of hydrogen-bond acceptors (Lipinski definition) is 5. The van der Waals surface area contributed by atoms with Crippen molar-refractivity contribution in [2.75, 3.05) is 52.3 Å². The minimum absolute atomic E-state index is 0.126. The molecule has 1 aliphatic rings. The standard InChI is InChI=1S/C25H32ClN3O5/c1-17(2)14-29(24(30)18-8-9-22(32-3)23(12-18)33-4)16-21-15-28(10-11-34-21)25(31)27-20-7-5-6-19(26)13-20/h5-9,12-13,17,21H,10-11,14-16H2,1-4H3,(H,27,31). The van der Waals surface area contributed by atoms with E-state index in [1.54, 1.807) is 59.4 Å². The van der Waals surface area contributed by atoms with Gasteiger partial charge in [0.15, 0.2) is 11.5 Å². The van der Waals surface area contributed by atoms with Crippen molar-refractivity contribution in [3.05, 3.63) is 53.1 Å². The van der Waals surface area contributed by atoms with E-state index in [-0.39, 0.29) is 24.0 Å². The average Bonchev–Trinajstić information content (AvgIpc) is 2.82. The Balaban J connectivity index is 1.69. The number of halogens is 1. The van der Waals surface area contributed by atoms with Crippen LogP contribution in [0, 0.1) is 5.92 Å². The fourth-order valence-corrected chi connectivity index (χ4v) is 4.05. The molecule has 0 radical (unpaired) electrons. The van der Waals surface area contributed by atoms with Gasteiger partial charge in [-0.05, 0) is 42.3 Å². The number of carbonyl (C=O) groups excluding carboxylic acids is 2. The third kappa shape index (κ3) is 6.77. The number of rotatable bonds is 8. The lowest BCUT2D eigenvalue weighted by Crippen LogP contribution is -2.52. The first-order valence-electron chi connectivity index (χ1n) is 11.2. The maximum atomic E-state index is 13.4. The van der Waals surface area contributed by atoms with Crippen LogP contribution in [0.5, 0.6) is 11.5 Å². The highest BCUT2D eigenvalue weighted by molar-refractivity contribution is 6.30. The summed E-state index contributed by atoms with van der Waals surface area (Å²) >= 11 is 6.01. The molecule has 1 fully saturated rings. The maximum absolute atomic E-state index is 13.4. The first-order chi connectivity index (χ1) is 16.3. The summed E-state index contributed by atoms with van der Waals surface area (Å²) in [5.41, 5.74) is 1.13. The predicted molar refractivity (Wildman–Crippen MR) is 132 cm³/mol. The second-order valence-electron chi connectivity index (χ2n) is 8.55. The number of amides is 3. The number of urea groups is 1. The van der Waals surface area contributed by atoms with E-state index in [0.29, 0.717) is 60.6 Å². The van der Waals surface area contributed by atoms with E-state index in [1.165, 1.54) is 7.11 Å². The number of hydrogen-bond donors (Lipinski definition) is 1. The van der Waals surface area contributed by atoms with E-state index in [1.807, 2.05) is 0 Å². The fraction of sp³-hybridized carbons (Fsp3) is 0.440. The molecular weight excluding hydrogens is 458 g/mol. The van der Waals surface area contributed by atoms with Crippen molar-refractivity contribution in [2.45, 2.75) is 20.0 Å². The van der Waals surface area contributed by atoms with Crippen LogP contribution in [0.25, 0.3) is 0 Å². The number of anilines is 1. The number of ether oxygens (including phenoxy) is 3. The smallest absolute Gasteiger partial charge is 0.322 e. The van der Waals surface area contributed by atoms with Crippen LogP contribution in [0.15, 0.2) is 42.5 Å². The zero-order chi connectivity index (χ0) is 24.7. The molecule has 1 aliphatic heterocycles. The van der Waals surface area contributed by atoms with Crippen molar-refractivity contribution in [1.29, 1.82) is 0 Å². The third-order valence-electron chi connectivity index (χ3n) is 5.43. The molecule has 1 atom stereocenters. The van der Waals surface area contributed by atoms with Gasteiger partial charge in [0.25, 0.3) is 5.91 Å². The molecular formula is C25H32ClN3O5. The van der Waals surface area contributed by atoms with Gasteiger partial charge in [0.2, 0.25) is 0 Å². The lowest BCUT2D eigenvalue weighted by Gasteiger charge is -2.36. The van der Waals surface area contributed by atoms with Crippen LogP contribution in [0.3, 0.4) is 0 Å². The minimum atomic E-state index is -0.304. The van der Waals surface area contributed by atoms with Crippen molar-refractivity contribution in [1.82, 2.24) is 9.80 Å². The van der Waals surface area contributed by atoms with E-state index in [2.05, 4.69) is 19.2 Å². The molecule has 0 aliphatic carbocycles. The van der Waals surface area contributed by atoms with Crippen LogP contribution in [0.4, 0.5) is 10.5 Å². The van der Waals surface area contributed by atoms with Crippen LogP contribution in [0.1, 0.15) is 24.2 Å². The molecule has 8 nitrogen and oxygen atoms in total.